The van der Waals surface area contributed by atoms with Crippen LogP contribution in [0.4, 0.5) is 19.0 Å². The Kier molecular flexibility index (Phi) is 3.66. The van der Waals surface area contributed by atoms with Gasteiger partial charge in [0.25, 0.3) is 0 Å². The third-order valence-corrected chi connectivity index (χ3v) is 2.71. The minimum Gasteiger partial charge on any atom is -0.394 e. The van der Waals surface area contributed by atoms with Crippen LogP contribution in [0.5, 0.6) is 0 Å². The van der Waals surface area contributed by atoms with Crippen molar-refractivity contribution in [3.63, 3.8) is 0 Å². The monoisotopic (exact) mass is 248 g/mol. The standard InChI is InChI=1S/C11H15F3N2O/c1-10(2,7-17)16(3)9-6-8(4-5-15-9)11(12,13)14/h4-6,17H,7H2,1-3H3. The number of alkyl halides is 3. The topological polar surface area (TPSA) is 36.4 Å². The molecule has 0 aromatic carbocycles. The van der Waals surface area contributed by atoms with Crippen molar-refractivity contribution < 1.29 is 18.3 Å². The summed E-state index contributed by atoms with van der Waals surface area (Å²) in [6.45, 7) is 3.26. The molecule has 17 heavy (non-hydrogen) atoms. The molecule has 0 spiro atoms. The third-order valence-electron chi connectivity index (χ3n) is 2.71. The van der Waals surface area contributed by atoms with Crippen molar-refractivity contribution in [2.45, 2.75) is 25.6 Å². The van der Waals surface area contributed by atoms with Crippen molar-refractivity contribution in [3.8, 4) is 0 Å². The van der Waals surface area contributed by atoms with Crippen LogP contribution in [0, 0.1) is 0 Å². The van der Waals surface area contributed by atoms with Crippen LogP contribution >= 0.6 is 0 Å². The number of pyridine rings is 1. The Morgan fingerprint density at radius 2 is 1.94 bits per heavy atom. The number of aromatic nitrogens is 1. The zero-order valence-corrected chi connectivity index (χ0v) is 9.91. The predicted molar refractivity (Wildman–Crippen MR) is 58.8 cm³/mol. The van der Waals surface area contributed by atoms with Gasteiger partial charge in [0.05, 0.1) is 17.7 Å². The first kappa shape index (κ1) is 13.8. The quantitative estimate of drug-likeness (QED) is 0.891. The second-order valence-corrected chi connectivity index (χ2v) is 4.43. The highest BCUT2D eigenvalue weighted by atomic mass is 19.4. The number of halogens is 3. The van der Waals surface area contributed by atoms with E-state index in [0.29, 0.717) is 0 Å². The van der Waals surface area contributed by atoms with Crippen molar-refractivity contribution in [2.24, 2.45) is 0 Å². The van der Waals surface area contributed by atoms with Gasteiger partial charge in [-0.3, -0.25) is 0 Å². The van der Waals surface area contributed by atoms with Gasteiger partial charge in [0.15, 0.2) is 0 Å². The fraction of sp³-hybridized carbons (Fsp3) is 0.545. The van der Waals surface area contributed by atoms with Crippen molar-refractivity contribution in [3.05, 3.63) is 23.9 Å². The van der Waals surface area contributed by atoms with Gasteiger partial charge in [0.1, 0.15) is 5.82 Å². The van der Waals surface area contributed by atoms with E-state index < -0.39 is 17.3 Å². The van der Waals surface area contributed by atoms with Crippen molar-refractivity contribution in [1.82, 2.24) is 4.98 Å². The maximum absolute atomic E-state index is 12.5. The average Bonchev–Trinajstić information content (AvgIpc) is 2.27. The van der Waals surface area contributed by atoms with Gasteiger partial charge >= 0.3 is 6.18 Å². The molecule has 0 bridgehead atoms. The maximum Gasteiger partial charge on any atom is 0.416 e. The van der Waals surface area contributed by atoms with Gasteiger partial charge in [0, 0.05) is 13.2 Å². The molecular formula is C11H15F3N2O. The zero-order chi connectivity index (χ0) is 13.3. The molecule has 0 aliphatic carbocycles. The van der Waals surface area contributed by atoms with Crippen LogP contribution in [-0.2, 0) is 6.18 Å². The lowest BCUT2D eigenvalue weighted by Crippen LogP contribution is -2.44. The maximum atomic E-state index is 12.5. The van der Waals surface area contributed by atoms with Gasteiger partial charge < -0.3 is 10.0 Å². The van der Waals surface area contributed by atoms with Crippen LogP contribution in [0.25, 0.3) is 0 Å². The number of hydrogen-bond donors (Lipinski definition) is 1. The van der Waals surface area contributed by atoms with E-state index in [9.17, 15) is 13.2 Å². The highest BCUT2D eigenvalue weighted by Crippen LogP contribution is 2.31. The number of rotatable bonds is 3. The molecule has 0 amide bonds. The summed E-state index contributed by atoms with van der Waals surface area (Å²) in [6, 6.07) is 1.89. The second-order valence-electron chi connectivity index (χ2n) is 4.43. The molecule has 1 N–H and O–H groups in total. The van der Waals surface area contributed by atoms with Crippen LogP contribution < -0.4 is 4.90 Å². The van der Waals surface area contributed by atoms with Gasteiger partial charge in [-0.15, -0.1) is 0 Å². The SMILES string of the molecule is CN(c1cc(C(F)(F)F)ccn1)C(C)(C)CO. The van der Waals surface area contributed by atoms with Crippen LogP contribution in [0.3, 0.4) is 0 Å². The van der Waals surface area contributed by atoms with Crippen LogP contribution in [-0.4, -0.2) is 29.3 Å². The highest BCUT2D eigenvalue weighted by Gasteiger charge is 2.32. The Morgan fingerprint density at radius 3 is 2.41 bits per heavy atom. The van der Waals surface area contributed by atoms with Crippen LogP contribution in [0.2, 0.25) is 0 Å². The summed E-state index contributed by atoms with van der Waals surface area (Å²) in [4.78, 5) is 5.40. The van der Waals surface area contributed by atoms with Gasteiger partial charge in [-0.2, -0.15) is 13.2 Å². The average molecular weight is 248 g/mol. The molecule has 1 heterocycles. The minimum atomic E-state index is -4.39. The molecule has 3 nitrogen and oxygen atoms in total. The smallest absolute Gasteiger partial charge is 0.394 e. The number of hydrogen-bond acceptors (Lipinski definition) is 3. The normalized spacial score (nSPS) is 12.6. The Labute approximate surface area is 97.9 Å². The summed E-state index contributed by atoms with van der Waals surface area (Å²) in [5, 5.41) is 9.16. The summed E-state index contributed by atoms with van der Waals surface area (Å²) < 4.78 is 37.5. The molecular weight excluding hydrogens is 233 g/mol. The zero-order valence-electron chi connectivity index (χ0n) is 9.91. The number of aliphatic hydroxyl groups is 1. The van der Waals surface area contributed by atoms with E-state index in [1.54, 1.807) is 20.9 Å². The number of likely N-dealkylation sites (N-methyl/N-ethyl adjacent to an activating group) is 1. The van der Waals surface area contributed by atoms with E-state index in [-0.39, 0.29) is 12.4 Å². The summed E-state index contributed by atoms with van der Waals surface area (Å²) in [5.74, 6) is 0.180. The third kappa shape index (κ3) is 3.09. The van der Waals surface area contributed by atoms with Gasteiger partial charge in [-0.05, 0) is 26.0 Å². The van der Waals surface area contributed by atoms with E-state index in [4.69, 9.17) is 5.11 Å². The molecule has 0 atom stereocenters. The summed E-state index contributed by atoms with van der Waals surface area (Å²) in [7, 11) is 1.60. The fourth-order valence-electron chi connectivity index (χ4n) is 1.19. The van der Waals surface area contributed by atoms with E-state index in [2.05, 4.69) is 4.98 Å². The predicted octanol–water partition coefficient (Wildman–Crippen LogP) is 2.31. The Morgan fingerprint density at radius 1 is 1.35 bits per heavy atom. The molecule has 1 aromatic heterocycles. The van der Waals surface area contributed by atoms with Crippen LogP contribution in [0.1, 0.15) is 19.4 Å². The van der Waals surface area contributed by atoms with Crippen molar-refractivity contribution in [1.29, 1.82) is 0 Å². The molecule has 0 aliphatic heterocycles. The molecule has 6 heteroatoms. The number of aliphatic hydroxyl groups excluding tert-OH is 1. The van der Waals surface area contributed by atoms with Gasteiger partial charge in [-0.25, -0.2) is 4.98 Å². The Balaban J connectivity index is 3.08. The fourth-order valence-corrected chi connectivity index (χ4v) is 1.19. The minimum absolute atomic E-state index is 0.179. The highest BCUT2D eigenvalue weighted by molar-refractivity contribution is 5.43. The molecule has 0 aliphatic rings. The molecule has 0 unspecified atom stereocenters. The molecule has 0 radical (unpaired) electrons. The first-order chi connectivity index (χ1) is 7.68. The molecule has 0 fully saturated rings. The number of anilines is 1. The van der Waals surface area contributed by atoms with E-state index in [1.165, 1.54) is 4.90 Å². The van der Waals surface area contributed by atoms with Crippen LogP contribution in [0.15, 0.2) is 18.3 Å². The first-order valence-corrected chi connectivity index (χ1v) is 5.06. The molecule has 1 aromatic rings. The summed E-state index contributed by atoms with van der Waals surface area (Å²) >= 11 is 0. The lowest BCUT2D eigenvalue weighted by molar-refractivity contribution is -0.137. The Hall–Kier alpha value is -1.30. The molecule has 1 rings (SSSR count). The molecule has 0 saturated carbocycles. The lowest BCUT2D eigenvalue weighted by Gasteiger charge is -2.35. The van der Waals surface area contributed by atoms with Gasteiger partial charge in [-0.1, -0.05) is 0 Å². The van der Waals surface area contributed by atoms with Gasteiger partial charge in [0.2, 0.25) is 0 Å². The van der Waals surface area contributed by atoms with E-state index in [0.717, 1.165) is 18.3 Å². The lowest BCUT2D eigenvalue weighted by atomic mass is 10.1. The van der Waals surface area contributed by atoms with E-state index in [1.807, 2.05) is 0 Å². The largest absolute Gasteiger partial charge is 0.416 e. The molecule has 96 valence electrons. The van der Waals surface area contributed by atoms with Crippen molar-refractivity contribution in [2.75, 3.05) is 18.6 Å². The first-order valence-electron chi connectivity index (χ1n) is 5.06. The number of nitrogens with zero attached hydrogens (tertiary/aromatic N) is 2. The Bertz CT molecular complexity index is 391. The van der Waals surface area contributed by atoms with Crippen molar-refractivity contribution >= 4 is 5.82 Å². The summed E-state index contributed by atoms with van der Waals surface area (Å²) in [6.07, 6.45) is -3.27. The molecule has 0 saturated heterocycles. The second kappa shape index (κ2) is 4.52. The summed E-state index contributed by atoms with van der Waals surface area (Å²) in [5.41, 5.74) is -1.42. The van der Waals surface area contributed by atoms with E-state index >= 15 is 0 Å².